The van der Waals surface area contributed by atoms with Gasteiger partial charge in [0.15, 0.2) is 5.78 Å². The minimum atomic E-state index is -0.687. The zero-order valence-corrected chi connectivity index (χ0v) is 16.8. The smallest absolute Gasteiger partial charge is 0.245 e. The second-order valence-corrected chi connectivity index (χ2v) is 8.45. The summed E-state index contributed by atoms with van der Waals surface area (Å²) < 4.78 is 6.25. The summed E-state index contributed by atoms with van der Waals surface area (Å²) in [6.45, 7) is 3.19. The number of ketones is 1. The summed E-state index contributed by atoms with van der Waals surface area (Å²) in [6.07, 6.45) is 2.31. The number of para-hydroxylation sites is 1. The van der Waals surface area contributed by atoms with Gasteiger partial charge in [-0.3, -0.25) is 14.4 Å². The van der Waals surface area contributed by atoms with Crippen LogP contribution < -0.4 is 4.74 Å². The molecule has 3 heterocycles. The number of ether oxygens (including phenoxy) is 1. The molecule has 2 fully saturated rings. The zero-order valence-electron chi connectivity index (χ0n) is 16.8. The average molecular weight is 400 g/mol. The molecule has 0 saturated carbocycles. The van der Waals surface area contributed by atoms with Crippen molar-refractivity contribution in [2.24, 2.45) is 0 Å². The van der Waals surface area contributed by atoms with Crippen molar-refractivity contribution in [3.8, 4) is 5.75 Å². The Bertz CT molecular complexity index is 817. The van der Waals surface area contributed by atoms with Crippen LogP contribution in [-0.2, 0) is 9.59 Å². The summed E-state index contributed by atoms with van der Waals surface area (Å²) in [7, 11) is 0. The summed E-state index contributed by atoms with van der Waals surface area (Å²) >= 11 is 0. The van der Waals surface area contributed by atoms with Gasteiger partial charge in [0.2, 0.25) is 11.8 Å². The predicted molar refractivity (Wildman–Crippen MR) is 106 cm³/mol. The molecule has 0 aliphatic carbocycles. The van der Waals surface area contributed by atoms with Gasteiger partial charge in [-0.25, -0.2) is 0 Å². The number of fused-ring (bicyclic) bond motifs is 1. The molecular weight excluding hydrogens is 372 g/mol. The van der Waals surface area contributed by atoms with Gasteiger partial charge in [-0.15, -0.1) is 0 Å². The molecule has 29 heavy (non-hydrogen) atoms. The van der Waals surface area contributed by atoms with Crippen molar-refractivity contribution in [2.75, 3.05) is 19.6 Å². The number of amides is 2. The van der Waals surface area contributed by atoms with E-state index in [1.54, 1.807) is 28.9 Å². The second-order valence-electron chi connectivity index (χ2n) is 8.45. The van der Waals surface area contributed by atoms with Crippen molar-refractivity contribution in [1.82, 2.24) is 9.80 Å². The van der Waals surface area contributed by atoms with Gasteiger partial charge >= 0.3 is 0 Å². The average Bonchev–Trinajstić information content (AvgIpc) is 2.87. The third kappa shape index (κ3) is 3.88. The number of hydrogen-bond acceptors (Lipinski definition) is 5. The van der Waals surface area contributed by atoms with E-state index in [-0.39, 0.29) is 36.5 Å². The third-order valence-electron chi connectivity index (χ3n) is 6.52. The van der Waals surface area contributed by atoms with Crippen molar-refractivity contribution in [3.05, 3.63) is 29.8 Å². The lowest BCUT2D eigenvalue weighted by atomic mass is 9.84. The van der Waals surface area contributed by atoms with Crippen molar-refractivity contribution in [2.45, 2.75) is 63.2 Å². The Hall–Kier alpha value is -2.41. The predicted octanol–water partition coefficient (Wildman–Crippen LogP) is 1.77. The molecule has 7 nitrogen and oxygen atoms in total. The molecule has 3 aliphatic heterocycles. The molecule has 0 bridgehead atoms. The zero-order chi connectivity index (χ0) is 20.6. The van der Waals surface area contributed by atoms with Gasteiger partial charge in [-0.1, -0.05) is 12.1 Å². The van der Waals surface area contributed by atoms with Crippen LogP contribution in [0.5, 0.6) is 5.75 Å². The molecule has 1 aromatic rings. The van der Waals surface area contributed by atoms with Gasteiger partial charge in [0.25, 0.3) is 0 Å². The Balaban J connectivity index is 1.47. The Labute approximate surface area is 170 Å². The van der Waals surface area contributed by atoms with Crippen LogP contribution >= 0.6 is 0 Å². The lowest BCUT2D eigenvalue weighted by Gasteiger charge is -2.38. The molecule has 7 heteroatoms. The van der Waals surface area contributed by atoms with E-state index in [4.69, 9.17) is 4.74 Å². The molecule has 1 spiro atoms. The standard InChI is InChI=1S/C22H28N2O5/c1-15(21(28)23-11-7-16(25)8-12-23)24-13-10-22(9-6-20(24)27)14-18(26)17-4-2-3-5-19(17)29-22/h2-5,15-16,25H,6-14H2,1H3/t15-,22-/m1/s1. The first-order valence-electron chi connectivity index (χ1n) is 10.5. The van der Waals surface area contributed by atoms with Gasteiger partial charge in [-0.2, -0.15) is 0 Å². The maximum atomic E-state index is 12.9. The summed E-state index contributed by atoms with van der Waals surface area (Å²) in [4.78, 5) is 41.8. The summed E-state index contributed by atoms with van der Waals surface area (Å²) in [5.41, 5.74) is -0.0882. The highest BCUT2D eigenvalue weighted by molar-refractivity contribution is 6.00. The van der Waals surface area contributed by atoms with E-state index in [1.165, 1.54) is 0 Å². The van der Waals surface area contributed by atoms with Gasteiger partial charge in [-0.05, 0) is 38.3 Å². The van der Waals surface area contributed by atoms with Crippen LogP contribution in [0.3, 0.4) is 0 Å². The molecule has 4 rings (SSSR count). The van der Waals surface area contributed by atoms with E-state index in [9.17, 15) is 19.5 Å². The summed E-state index contributed by atoms with van der Waals surface area (Å²) in [5.74, 6) is 0.478. The molecule has 2 amide bonds. The van der Waals surface area contributed by atoms with E-state index in [1.807, 2.05) is 12.1 Å². The first-order valence-corrected chi connectivity index (χ1v) is 10.5. The molecule has 0 aromatic heterocycles. The number of rotatable bonds is 2. The monoisotopic (exact) mass is 400 g/mol. The number of aliphatic hydroxyl groups excluding tert-OH is 1. The third-order valence-corrected chi connectivity index (χ3v) is 6.52. The summed E-state index contributed by atoms with van der Waals surface area (Å²) in [6, 6.07) is 6.68. The highest BCUT2D eigenvalue weighted by Crippen LogP contribution is 2.39. The number of Topliss-reactive ketones (excluding diaryl/α,β-unsaturated/α-hetero) is 1. The topological polar surface area (TPSA) is 87.2 Å². The molecule has 0 unspecified atom stereocenters. The van der Waals surface area contributed by atoms with Crippen LogP contribution in [0.1, 0.15) is 55.8 Å². The van der Waals surface area contributed by atoms with Crippen molar-refractivity contribution in [1.29, 1.82) is 0 Å². The lowest BCUT2D eigenvalue weighted by Crippen LogP contribution is -2.52. The fourth-order valence-electron chi connectivity index (χ4n) is 4.67. The van der Waals surface area contributed by atoms with E-state index < -0.39 is 11.6 Å². The quantitative estimate of drug-likeness (QED) is 0.818. The highest BCUT2D eigenvalue weighted by atomic mass is 16.5. The fraction of sp³-hybridized carbons (Fsp3) is 0.591. The van der Waals surface area contributed by atoms with E-state index in [0.717, 1.165) is 0 Å². The maximum Gasteiger partial charge on any atom is 0.245 e. The normalized spacial score (nSPS) is 26.7. The number of carbonyl (C=O) groups is 3. The van der Waals surface area contributed by atoms with Crippen LogP contribution in [0.2, 0.25) is 0 Å². The molecule has 1 N–H and O–H groups in total. The first kappa shape index (κ1) is 19.9. The molecule has 3 aliphatic rings. The number of aliphatic hydroxyl groups is 1. The highest BCUT2D eigenvalue weighted by Gasteiger charge is 2.44. The molecule has 0 radical (unpaired) electrons. The fourth-order valence-corrected chi connectivity index (χ4v) is 4.67. The Morgan fingerprint density at radius 3 is 2.66 bits per heavy atom. The van der Waals surface area contributed by atoms with Gasteiger partial charge in [0, 0.05) is 32.5 Å². The number of hydrogen-bond donors (Lipinski definition) is 1. The van der Waals surface area contributed by atoms with Crippen LogP contribution in [-0.4, -0.2) is 69.9 Å². The van der Waals surface area contributed by atoms with E-state index in [2.05, 4.69) is 0 Å². The maximum absolute atomic E-state index is 12.9. The van der Waals surface area contributed by atoms with Crippen LogP contribution in [0, 0.1) is 0 Å². The van der Waals surface area contributed by atoms with Gasteiger partial charge < -0.3 is 19.6 Å². The number of carbonyl (C=O) groups excluding carboxylic acids is 3. The number of nitrogens with zero attached hydrogens (tertiary/aromatic N) is 2. The summed E-state index contributed by atoms with van der Waals surface area (Å²) in [5, 5.41) is 9.66. The van der Waals surface area contributed by atoms with Gasteiger partial charge in [0.05, 0.1) is 18.1 Å². The molecule has 2 saturated heterocycles. The minimum absolute atomic E-state index is 0.0451. The second kappa shape index (κ2) is 7.78. The lowest BCUT2D eigenvalue weighted by molar-refractivity contribution is -0.146. The van der Waals surface area contributed by atoms with Crippen molar-refractivity contribution in [3.63, 3.8) is 0 Å². The number of benzene rings is 1. The Morgan fingerprint density at radius 2 is 1.90 bits per heavy atom. The number of piperidine rings is 1. The van der Waals surface area contributed by atoms with Crippen LogP contribution in [0.15, 0.2) is 24.3 Å². The molecule has 2 atom stereocenters. The largest absolute Gasteiger partial charge is 0.486 e. The molecule has 156 valence electrons. The van der Waals surface area contributed by atoms with Crippen molar-refractivity contribution >= 4 is 17.6 Å². The van der Waals surface area contributed by atoms with Crippen molar-refractivity contribution < 1.29 is 24.2 Å². The first-order chi connectivity index (χ1) is 13.9. The number of likely N-dealkylation sites (tertiary alicyclic amines) is 2. The van der Waals surface area contributed by atoms with Gasteiger partial charge in [0.1, 0.15) is 17.4 Å². The Kier molecular flexibility index (Phi) is 5.34. The van der Waals surface area contributed by atoms with Crippen LogP contribution in [0.4, 0.5) is 0 Å². The minimum Gasteiger partial charge on any atom is -0.486 e. The van der Waals surface area contributed by atoms with E-state index in [0.29, 0.717) is 56.6 Å². The van der Waals surface area contributed by atoms with Crippen LogP contribution in [0.25, 0.3) is 0 Å². The Morgan fingerprint density at radius 1 is 1.17 bits per heavy atom. The SMILES string of the molecule is C[C@H](C(=O)N1CCC(O)CC1)N1CC[C@]2(CCC1=O)CC(=O)c1ccccc1O2. The molecule has 1 aromatic carbocycles. The van der Waals surface area contributed by atoms with E-state index >= 15 is 0 Å². The molecular formula is C22H28N2O5.